The molecule has 1 rings (SSSR count). The van der Waals surface area contributed by atoms with Gasteiger partial charge in [-0.25, -0.2) is 0 Å². The van der Waals surface area contributed by atoms with E-state index in [0.717, 1.165) is 12.2 Å². The van der Waals surface area contributed by atoms with Crippen molar-refractivity contribution in [2.24, 2.45) is 0 Å². The van der Waals surface area contributed by atoms with Crippen LogP contribution in [0.3, 0.4) is 0 Å². The molecule has 0 bridgehead atoms. The molecule has 0 spiro atoms. The summed E-state index contributed by atoms with van der Waals surface area (Å²) in [4.78, 5) is 3.97. The van der Waals surface area contributed by atoms with Gasteiger partial charge in [-0.2, -0.15) is 0 Å². The van der Waals surface area contributed by atoms with Crippen LogP contribution in [0.25, 0.3) is 0 Å². The van der Waals surface area contributed by atoms with E-state index in [1.165, 1.54) is 0 Å². The maximum Gasteiger partial charge on any atom is 0.0441 e. The summed E-state index contributed by atoms with van der Waals surface area (Å²) in [5, 5.41) is 6.57. The lowest BCUT2D eigenvalue weighted by Crippen LogP contribution is -2.40. The Hall–Kier alpha value is -1.09. The van der Waals surface area contributed by atoms with Crippen LogP contribution in [-0.4, -0.2) is 24.1 Å². The SMILES string of the molecule is CNCC(C)(C)Nc1ccncc1. The fraction of sp³-hybridized carbons (Fsp3) is 0.500. The molecule has 0 aliphatic heterocycles. The van der Waals surface area contributed by atoms with E-state index in [0.29, 0.717) is 0 Å². The molecule has 2 N–H and O–H groups in total. The molecule has 1 aromatic heterocycles. The third-order valence-electron chi connectivity index (χ3n) is 1.78. The number of aromatic nitrogens is 1. The van der Waals surface area contributed by atoms with E-state index in [2.05, 4.69) is 29.5 Å². The van der Waals surface area contributed by atoms with E-state index in [1.807, 2.05) is 19.2 Å². The highest BCUT2D eigenvalue weighted by Gasteiger charge is 2.15. The Kier molecular flexibility index (Phi) is 3.25. The first kappa shape index (κ1) is 9.99. The Morgan fingerprint density at radius 2 is 1.92 bits per heavy atom. The van der Waals surface area contributed by atoms with Crippen molar-refractivity contribution in [3.63, 3.8) is 0 Å². The third-order valence-corrected chi connectivity index (χ3v) is 1.78. The summed E-state index contributed by atoms with van der Waals surface area (Å²) in [5.74, 6) is 0. The summed E-state index contributed by atoms with van der Waals surface area (Å²) in [7, 11) is 1.95. The highest BCUT2D eigenvalue weighted by atomic mass is 15.0. The molecule has 0 unspecified atom stereocenters. The van der Waals surface area contributed by atoms with Gasteiger partial charge >= 0.3 is 0 Å². The van der Waals surface area contributed by atoms with Gasteiger partial charge in [0, 0.05) is 30.2 Å². The Morgan fingerprint density at radius 1 is 1.31 bits per heavy atom. The van der Waals surface area contributed by atoms with E-state index in [4.69, 9.17) is 0 Å². The highest BCUT2D eigenvalue weighted by Crippen LogP contribution is 2.12. The zero-order valence-electron chi connectivity index (χ0n) is 8.46. The highest BCUT2D eigenvalue weighted by molar-refractivity contribution is 5.43. The standard InChI is InChI=1S/C10H17N3/c1-10(2,8-11-3)13-9-4-6-12-7-5-9/h4-7,11H,8H2,1-3H3,(H,12,13). The predicted molar refractivity (Wildman–Crippen MR) is 55.9 cm³/mol. The summed E-state index contributed by atoms with van der Waals surface area (Å²) in [6, 6.07) is 3.94. The van der Waals surface area contributed by atoms with Crippen molar-refractivity contribution < 1.29 is 0 Å². The van der Waals surface area contributed by atoms with Gasteiger partial charge in [-0.1, -0.05) is 0 Å². The van der Waals surface area contributed by atoms with E-state index in [9.17, 15) is 0 Å². The molecule has 0 radical (unpaired) electrons. The van der Waals surface area contributed by atoms with Crippen LogP contribution in [0.4, 0.5) is 5.69 Å². The number of pyridine rings is 1. The normalized spacial score (nSPS) is 11.3. The quantitative estimate of drug-likeness (QED) is 0.735. The van der Waals surface area contributed by atoms with Gasteiger partial charge in [-0.3, -0.25) is 4.98 Å². The van der Waals surface area contributed by atoms with Gasteiger partial charge < -0.3 is 10.6 Å². The first-order valence-electron chi connectivity index (χ1n) is 4.47. The van der Waals surface area contributed by atoms with Gasteiger partial charge in [0.15, 0.2) is 0 Å². The van der Waals surface area contributed by atoms with Crippen molar-refractivity contribution in [1.82, 2.24) is 10.3 Å². The fourth-order valence-corrected chi connectivity index (χ4v) is 1.31. The molecule has 3 heteroatoms. The summed E-state index contributed by atoms with van der Waals surface area (Å²) in [6.07, 6.45) is 3.58. The van der Waals surface area contributed by atoms with Crippen LogP contribution in [0, 0.1) is 0 Å². The number of nitrogens with zero attached hydrogens (tertiary/aromatic N) is 1. The first-order valence-corrected chi connectivity index (χ1v) is 4.47. The molecule has 0 aliphatic carbocycles. The number of rotatable bonds is 4. The molecule has 13 heavy (non-hydrogen) atoms. The van der Waals surface area contributed by atoms with Crippen molar-refractivity contribution >= 4 is 5.69 Å². The zero-order chi connectivity index (χ0) is 9.73. The Morgan fingerprint density at radius 3 is 2.46 bits per heavy atom. The molecule has 0 saturated heterocycles. The molecule has 0 fully saturated rings. The Bertz CT molecular complexity index is 244. The van der Waals surface area contributed by atoms with E-state index >= 15 is 0 Å². The third kappa shape index (κ3) is 3.42. The maximum atomic E-state index is 3.97. The fourth-order valence-electron chi connectivity index (χ4n) is 1.31. The summed E-state index contributed by atoms with van der Waals surface area (Å²) in [5.41, 5.74) is 1.17. The molecule has 72 valence electrons. The zero-order valence-corrected chi connectivity index (χ0v) is 8.46. The van der Waals surface area contributed by atoms with Crippen LogP contribution in [-0.2, 0) is 0 Å². The average molecular weight is 179 g/mol. The summed E-state index contributed by atoms with van der Waals surface area (Å²) >= 11 is 0. The van der Waals surface area contributed by atoms with Gasteiger partial charge in [-0.15, -0.1) is 0 Å². The molecular weight excluding hydrogens is 162 g/mol. The molecule has 0 aromatic carbocycles. The summed E-state index contributed by atoms with van der Waals surface area (Å²) in [6.45, 7) is 5.24. The van der Waals surface area contributed by atoms with Crippen LogP contribution in [0.5, 0.6) is 0 Å². The number of nitrogens with one attached hydrogen (secondary N) is 2. The van der Waals surface area contributed by atoms with Gasteiger partial charge in [-0.05, 0) is 33.0 Å². The number of hydrogen-bond acceptors (Lipinski definition) is 3. The van der Waals surface area contributed by atoms with Gasteiger partial charge in [0.2, 0.25) is 0 Å². The predicted octanol–water partition coefficient (Wildman–Crippen LogP) is 1.49. The van der Waals surface area contributed by atoms with Gasteiger partial charge in [0.25, 0.3) is 0 Å². The molecule has 0 atom stereocenters. The Labute approximate surface area is 79.6 Å². The minimum atomic E-state index is 0.0656. The lowest BCUT2D eigenvalue weighted by atomic mass is 10.1. The first-order chi connectivity index (χ1) is 6.14. The van der Waals surface area contributed by atoms with Crippen molar-refractivity contribution in [3.05, 3.63) is 24.5 Å². The van der Waals surface area contributed by atoms with Crippen molar-refractivity contribution in [2.45, 2.75) is 19.4 Å². The van der Waals surface area contributed by atoms with Gasteiger partial charge in [0.05, 0.1) is 0 Å². The van der Waals surface area contributed by atoms with Crippen LogP contribution in [0.15, 0.2) is 24.5 Å². The molecule has 0 aliphatic rings. The lowest BCUT2D eigenvalue weighted by Gasteiger charge is -2.27. The van der Waals surface area contributed by atoms with Crippen molar-refractivity contribution in [1.29, 1.82) is 0 Å². The van der Waals surface area contributed by atoms with E-state index < -0.39 is 0 Å². The second kappa shape index (κ2) is 4.23. The van der Waals surface area contributed by atoms with Crippen molar-refractivity contribution in [2.75, 3.05) is 18.9 Å². The molecular formula is C10H17N3. The van der Waals surface area contributed by atoms with E-state index in [1.54, 1.807) is 12.4 Å². The Balaban J connectivity index is 2.58. The second-order valence-corrected chi connectivity index (χ2v) is 3.78. The largest absolute Gasteiger partial charge is 0.379 e. The number of likely N-dealkylation sites (N-methyl/N-ethyl adjacent to an activating group) is 1. The number of anilines is 1. The van der Waals surface area contributed by atoms with E-state index in [-0.39, 0.29) is 5.54 Å². The molecule has 0 amide bonds. The monoisotopic (exact) mass is 179 g/mol. The van der Waals surface area contributed by atoms with Crippen LogP contribution in [0.2, 0.25) is 0 Å². The van der Waals surface area contributed by atoms with Crippen molar-refractivity contribution in [3.8, 4) is 0 Å². The van der Waals surface area contributed by atoms with Crippen LogP contribution in [0.1, 0.15) is 13.8 Å². The average Bonchev–Trinajstić information content (AvgIpc) is 2.04. The second-order valence-electron chi connectivity index (χ2n) is 3.78. The van der Waals surface area contributed by atoms with Crippen LogP contribution >= 0.6 is 0 Å². The molecule has 3 nitrogen and oxygen atoms in total. The number of hydrogen-bond donors (Lipinski definition) is 2. The smallest absolute Gasteiger partial charge is 0.0441 e. The van der Waals surface area contributed by atoms with Gasteiger partial charge in [0.1, 0.15) is 0 Å². The van der Waals surface area contributed by atoms with Crippen LogP contribution < -0.4 is 10.6 Å². The molecule has 1 aromatic rings. The molecule has 0 saturated carbocycles. The minimum absolute atomic E-state index is 0.0656. The lowest BCUT2D eigenvalue weighted by molar-refractivity contribution is 0.530. The maximum absolute atomic E-state index is 3.97. The minimum Gasteiger partial charge on any atom is -0.379 e. The molecule has 1 heterocycles. The topological polar surface area (TPSA) is 37.0 Å². The summed E-state index contributed by atoms with van der Waals surface area (Å²) < 4.78 is 0.